The molecule has 0 spiro atoms. The van der Waals surface area contributed by atoms with Gasteiger partial charge < -0.3 is 5.32 Å². The number of Topliss-reactive ketones (excluding diaryl/α,β-unsaturated/α-hetero) is 1. The van der Waals surface area contributed by atoms with Crippen LogP contribution in [0.15, 0.2) is 0 Å². The van der Waals surface area contributed by atoms with E-state index >= 15 is 0 Å². The normalized spacial score (nSPS) is 19.1. The van der Waals surface area contributed by atoms with E-state index in [1.807, 2.05) is 0 Å². The zero-order valence-electron chi connectivity index (χ0n) is 10.6. The number of hydrogen-bond donors (Lipinski definition) is 1. The van der Waals surface area contributed by atoms with Crippen LogP contribution in [0.3, 0.4) is 0 Å². The van der Waals surface area contributed by atoms with Crippen LogP contribution < -0.4 is 5.32 Å². The summed E-state index contributed by atoms with van der Waals surface area (Å²) in [6.45, 7) is 0. The molecule has 1 aliphatic rings. The molecule has 8 heteroatoms. The first-order valence-electron chi connectivity index (χ1n) is 6.19. The van der Waals surface area contributed by atoms with E-state index in [0.717, 1.165) is 0 Å². The number of benzene rings is 1. The van der Waals surface area contributed by atoms with Crippen LogP contribution in [-0.2, 0) is 4.79 Å². The maximum Gasteiger partial charge on any atom is 0.220 e. The third-order valence-electron chi connectivity index (χ3n) is 3.25. The summed E-state index contributed by atoms with van der Waals surface area (Å²) >= 11 is 0. The van der Waals surface area contributed by atoms with Crippen molar-refractivity contribution >= 4 is 11.7 Å². The maximum absolute atomic E-state index is 13.6. The molecule has 1 fully saturated rings. The molecule has 114 valence electrons. The first kappa shape index (κ1) is 15.4. The summed E-state index contributed by atoms with van der Waals surface area (Å²) < 4.78 is 66.2. The smallest absolute Gasteiger partial charge is 0.220 e. The van der Waals surface area contributed by atoms with Gasteiger partial charge in [0, 0.05) is 6.42 Å². The van der Waals surface area contributed by atoms with Crippen LogP contribution in [0.5, 0.6) is 0 Å². The number of halogens is 5. The lowest BCUT2D eigenvalue weighted by atomic mass is 9.98. The van der Waals surface area contributed by atoms with Crippen LogP contribution in [0.2, 0.25) is 0 Å². The lowest BCUT2D eigenvalue weighted by Crippen LogP contribution is -2.40. The molecule has 0 radical (unpaired) electrons. The number of rotatable bonds is 2. The molecule has 2 rings (SSSR count). The fourth-order valence-corrected chi connectivity index (χ4v) is 2.16. The Morgan fingerprint density at radius 1 is 0.905 bits per heavy atom. The van der Waals surface area contributed by atoms with E-state index in [4.69, 9.17) is 0 Å². The minimum absolute atomic E-state index is 0.0735. The number of hydrogen-bond acceptors (Lipinski definition) is 2. The zero-order chi connectivity index (χ0) is 15.7. The Morgan fingerprint density at radius 3 is 2.00 bits per heavy atom. The molecule has 21 heavy (non-hydrogen) atoms. The van der Waals surface area contributed by atoms with Crippen LogP contribution in [0, 0.1) is 29.1 Å². The van der Waals surface area contributed by atoms with Crippen molar-refractivity contribution in [3.63, 3.8) is 0 Å². The van der Waals surface area contributed by atoms with Gasteiger partial charge in [-0.05, 0) is 12.8 Å². The van der Waals surface area contributed by atoms with Crippen LogP contribution in [0.1, 0.15) is 36.0 Å². The molecule has 1 atom stereocenters. The van der Waals surface area contributed by atoms with Crippen molar-refractivity contribution in [1.82, 2.24) is 5.32 Å². The molecule has 3 nitrogen and oxygen atoms in total. The summed E-state index contributed by atoms with van der Waals surface area (Å²) in [5.74, 6) is -12.9. The summed E-state index contributed by atoms with van der Waals surface area (Å²) in [6.07, 6.45) is 1.11. The minimum atomic E-state index is -2.33. The molecule has 1 aliphatic heterocycles. The molecule has 1 aromatic rings. The highest BCUT2D eigenvalue weighted by Gasteiger charge is 2.34. The summed E-state index contributed by atoms with van der Waals surface area (Å²) in [6, 6.07) is -1.30. The summed E-state index contributed by atoms with van der Waals surface area (Å²) in [4.78, 5) is 23.3. The van der Waals surface area contributed by atoms with Crippen molar-refractivity contribution in [3.05, 3.63) is 34.6 Å². The predicted octanol–water partition coefficient (Wildman–Crippen LogP) is 2.62. The van der Waals surface area contributed by atoms with Crippen molar-refractivity contribution in [2.75, 3.05) is 0 Å². The van der Waals surface area contributed by atoms with E-state index in [-0.39, 0.29) is 12.8 Å². The summed E-state index contributed by atoms with van der Waals surface area (Å²) in [5.41, 5.74) is -1.52. The van der Waals surface area contributed by atoms with E-state index in [1.165, 1.54) is 0 Å². The van der Waals surface area contributed by atoms with Gasteiger partial charge in [-0.1, -0.05) is 6.42 Å². The Hall–Kier alpha value is -1.99. The molecule has 0 saturated carbocycles. The lowest BCUT2D eigenvalue weighted by Gasteiger charge is -2.16. The van der Waals surface area contributed by atoms with E-state index in [1.54, 1.807) is 0 Å². The van der Waals surface area contributed by atoms with Gasteiger partial charge in [0.05, 0.1) is 11.6 Å². The average Bonchev–Trinajstić information content (AvgIpc) is 2.67. The number of amides is 1. The Labute approximate surface area is 116 Å². The largest absolute Gasteiger partial charge is 0.346 e. The highest BCUT2D eigenvalue weighted by Crippen LogP contribution is 2.25. The molecule has 1 heterocycles. The van der Waals surface area contributed by atoms with Gasteiger partial charge in [-0.15, -0.1) is 0 Å². The Balaban J connectivity index is 2.46. The van der Waals surface area contributed by atoms with E-state index < -0.39 is 52.4 Å². The molecule has 1 N–H and O–H groups in total. The molecule has 0 bridgehead atoms. The number of ketones is 1. The van der Waals surface area contributed by atoms with Crippen molar-refractivity contribution < 1.29 is 31.5 Å². The SMILES string of the molecule is O=C1CCCCC(C(=O)c2c(F)c(F)c(F)c(F)c2F)N1. The molecule has 1 amide bonds. The monoisotopic (exact) mass is 307 g/mol. The fourth-order valence-electron chi connectivity index (χ4n) is 2.16. The molecular weight excluding hydrogens is 297 g/mol. The van der Waals surface area contributed by atoms with Gasteiger partial charge in [0.1, 0.15) is 0 Å². The minimum Gasteiger partial charge on any atom is -0.346 e. The summed E-state index contributed by atoms with van der Waals surface area (Å²) in [5, 5.41) is 2.22. The number of carbonyl (C=O) groups is 2. The van der Waals surface area contributed by atoms with Gasteiger partial charge in [-0.25, -0.2) is 22.0 Å². The Bertz CT molecular complexity index is 588. The third kappa shape index (κ3) is 2.74. The quantitative estimate of drug-likeness (QED) is 0.395. The van der Waals surface area contributed by atoms with Gasteiger partial charge >= 0.3 is 0 Å². The van der Waals surface area contributed by atoms with E-state index in [0.29, 0.717) is 12.8 Å². The van der Waals surface area contributed by atoms with Gasteiger partial charge in [0.2, 0.25) is 11.7 Å². The van der Waals surface area contributed by atoms with E-state index in [9.17, 15) is 31.5 Å². The molecule has 1 aromatic carbocycles. The number of carbonyl (C=O) groups excluding carboxylic acids is 2. The molecule has 1 saturated heterocycles. The maximum atomic E-state index is 13.6. The first-order chi connectivity index (χ1) is 9.84. The van der Waals surface area contributed by atoms with Crippen molar-refractivity contribution in [3.8, 4) is 0 Å². The highest BCUT2D eigenvalue weighted by atomic mass is 19.2. The molecule has 0 aromatic heterocycles. The Morgan fingerprint density at radius 2 is 1.43 bits per heavy atom. The molecular formula is C13H10F5NO2. The van der Waals surface area contributed by atoms with Crippen molar-refractivity contribution in [1.29, 1.82) is 0 Å². The topological polar surface area (TPSA) is 46.2 Å². The lowest BCUT2D eigenvalue weighted by molar-refractivity contribution is -0.121. The third-order valence-corrected chi connectivity index (χ3v) is 3.25. The van der Waals surface area contributed by atoms with Crippen LogP contribution in [-0.4, -0.2) is 17.7 Å². The fraction of sp³-hybridized carbons (Fsp3) is 0.385. The van der Waals surface area contributed by atoms with Crippen molar-refractivity contribution in [2.45, 2.75) is 31.7 Å². The standard InChI is InChI=1S/C13H10F5NO2/c14-8-7(9(15)11(17)12(18)10(8)16)13(21)5-3-1-2-4-6(20)19-5/h5H,1-4H2,(H,19,20). The first-order valence-corrected chi connectivity index (χ1v) is 6.19. The Kier molecular flexibility index (Phi) is 4.24. The second-order valence-electron chi connectivity index (χ2n) is 4.68. The highest BCUT2D eigenvalue weighted by molar-refractivity contribution is 6.02. The van der Waals surface area contributed by atoms with Gasteiger partial charge in [-0.2, -0.15) is 0 Å². The van der Waals surface area contributed by atoms with Crippen LogP contribution in [0.4, 0.5) is 22.0 Å². The van der Waals surface area contributed by atoms with Crippen LogP contribution >= 0.6 is 0 Å². The van der Waals surface area contributed by atoms with E-state index in [2.05, 4.69) is 5.32 Å². The second kappa shape index (κ2) is 5.79. The molecule has 0 aliphatic carbocycles. The van der Waals surface area contributed by atoms with Gasteiger partial charge in [0.15, 0.2) is 29.1 Å². The van der Waals surface area contributed by atoms with Crippen molar-refractivity contribution in [2.24, 2.45) is 0 Å². The zero-order valence-corrected chi connectivity index (χ0v) is 10.6. The summed E-state index contributed by atoms with van der Waals surface area (Å²) in [7, 11) is 0. The average molecular weight is 307 g/mol. The van der Waals surface area contributed by atoms with Gasteiger partial charge in [0.25, 0.3) is 0 Å². The van der Waals surface area contributed by atoms with Crippen LogP contribution in [0.25, 0.3) is 0 Å². The predicted molar refractivity (Wildman–Crippen MR) is 61.0 cm³/mol. The second-order valence-corrected chi connectivity index (χ2v) is 4.68. The molecule has 1 unspecified atom stereocenters. The van der Waals surface area contributed by atoms with Gasteiger partial charge in [-0.3, -0.25) is 9.59 Å². The number of nitrogens with one attached hydrogen (secondary N) is 1.